The highest BCUT2D eigenvalue weighted by Crippen LogP contribution is 2.37. The number of rotatable bonds is 4. The molecular weight excluding hydrogens is 342 g/mol. The molecule has 2 aromatic rings. The molecule has 5 rings (SSSR count). The zero-order chi connectivity index (χ0) is 18.5. The smallest absolute Gasteiger partial charge is 0.296 e. The fourth-order valence-corrected chi connectivity index (χ4v) is 4.77. The van der Waals surface area contributed by atoms with Crippen LogP contribution in [0.5, 0.6) is 0 Å². The number of hydrogen-bond acceptors (Lipinski definition) is 5. The van der Waals surface area contributed by atoms with E-state index in [-0.39, 0.29) is 11.5 Å². The van der Waals surface area contributed by atoms with E-state index in [0.717, 1.165) is 49.7 Å². The Hall–Kier alpha value is -2.28. The second-order valence-electron chi connectivity index (χ2n) is 8.39. The van der Waals surface area contributed by atoms with Gasteiger partial charge in [-0.2, -0.15) is 5.10 Å². The first-order valence-corrected chi connectivity index (χ1v) is 9.95. The van der Waals surface area contributed by atoms with E-state index in [2.05, 4.69) is 21.0 Å². The molecule has 7 nitrogen and oxygen atoms in total. The largest absolute Gasteiger partial charge is 0.332 e. The Bertz CT molecular complexity index is 991. The minimum atomic E-state index is -0.452. The second kappa shape index (κ2) is 6.41. The maximum atomic E-state index is 12.6. The van der Waals surface area contributed by atoms with Crippen molar-refractivity contribution in [2.75, 3.05) is 13.1 Å². The zero-order valence-electron chi connectivity index (χ0n) is 15.7. The Balaban J connectivity index is 1.38. The predicted molar refractivity (Wildman–Crippen MR) is 101 cm³/mol. The van der Waals surface area contributed by atoms with Gasteiger partial charge in [0.15, 0.2) is 0 Å². The lowest BCUT2D eigenvalue weighted by molar-refractivity contribution is 0.256. The summed E-state index contributed by atoms with van der Waals surface area (Å²) in [6.45, 7) is 5.82. The minimum absolute atomic E-state index is 0.232. The SMILES string of the molecule is Cc1cccc(CN2CC3Cn4c(nn(CC5CCC5)c(=O)c4=O)C3C2)n1. The number of aryl methyl sites for hydroxylation is 1. The van der Waals surface area contributed by atoms with Crippen LogP contribution in [0.4, 0.5) is 0 Å². The van der Waals surface area contributed by atoms with E-state index >= 15 is 0 Å². The molecule has 2 unspecified atom stereocenters. The van der Waals surface area contributed by atoms with Crippen LogP contribution in [0, 0.1) is 18.8 Å². The molecule has 0 radical (unpaired) electrons. The molecule has 0 N–H and O–H groups in total. The van der Waals surface area contributed by atoms with Crippen LogP contribution in [0.1, 0.15) is 42.4 Å². The second-order valence-corrected chi connectivity index (χ2v) is 8.39. The van der Waals surface area contributed by atoms with E-state index in [9.17, 15) is 9.59 Å². The average Bonchev–Trinajstić information content (AvgIpc) is 3.13. The molecule has 27 heavy (non-hydrogen) atoms. The normalized spacial score (nSPS) is 24.6. The minimum Gasteiger partial charge on any atom is -0.296 e. The maximum Gasteiger partial charge on any atom is 0.332 e. The molecule has 1 saturated heterocycles. The number of fused-ring (bicyclic) bond motifs is 3. The van der Waals surface area contributed by atoms with Gasteiger partial charge in [-0.1, -0.05) is 12.5 Å². The molecule has 142 valence electrons. The summed E-state index contributed by atoms with van der Waals surface area (Å²) in [6.07, 6.45) is 3.49. The molecule has 3 aliphatic rings. The number of aromatic nitrogens is 4. The fourth-order valence-electron chi connectivity index (χ4n) is 4.77. The Labute approximate surface area is 157 Å². The summed E-state index contributed by atoms with van der Waals surface area (Å²) in [7, 11) is 0. The molecule has 0 bridgehead atoms. The van der Waals surface area contributed by atoms with Gasteiger partial charge >= 0.3 is 11.1 Å². The molecule has 7 heteroatoms. The first-order chi connectivity index (χ1) is 13.1. The molecule has 1 saturated carbocycles. The van der Waals surface area contributed by atoms with Crippen molar-refractivity contribution in [2.45, 2.75) is 51.7 Å². The summed E-state index contributed by atoms with van der Waals surface area (Å²) in [5.74, 6) is 1.90. The van der Waals surface area contributed by atoms with Crippen LogP contribution in [-0.2, 0) is 19.6 Å². The standard InChI is InChI=1S/C20H25N5O2/c1-13-4-2-7-16(21-13)11-23-9-15-10-24-18(17(15)12-23)22-25(20(27)19(24)26)8-14-5-3-6-14/h2,4,7,14-15,17H,3,5-6,8-12H2,1H3. The molecule has 2 fully saturated rings. The van der Waals surface area contributed by atoms with E-state index in [1.165, 1.54) is 11.1 Å². The Kier molecular flexibility index (Phi) is 4.00. The molecular formula is C20H25N5O2. The first kappa shape index (κ1) is 16.9. The third kappa shape index (κ3) is 2.94. The van der Waals surface area contributed by atoms with E-state index in [1.54, 1.807) is 4.57 Å². The van der Waals surface area contributed by atoms with Gasteiger partial charge in [0.05, 0.1) is 5.69 Å². The molecule has 0 spiro atoms. The number of pyridine rings is 1. The number of hydrogen-bond donors (Lipinski definition) is 0. The van der Waals surface area contributed by atoms with Crippen molar-refractivity contribution in [3.8, 4) is 0 Å². The summed E-state index contributed by atoms with van der Waals surface area (Å²) in [5, 5.41) is 4.66. The zero-order valence-corrected chi connectivity index (χ0v) is 15.7. The molecule has 4 heterocycles. The summed E-state index contributed by atoms with van der Waals surface area (Å²) in [5.41, 5.74) is 1.27. The van der Waals surface area contributed by atoms with Gasteiger partial charge in [-0.05, 0) is 37.8 Å². The van der Waals surface area contributed by atoms with Crippen molar-refractivity contribution in [2.24, 2.45) is 11.8 Å². The Morgan fingerprint density at radius 2 is 1.96 bits per heavy atom. The first-order valence-electron chi connectivity index (χ1n) is 9.95. The van der Waals surface area contributed by atoms with Crippen LogP contribution in [0.25, 0.3) is 0 Å². The average molecular weight is 367 g/mol. The van der Waals surface area contributed by atoms with Gasteiger partial charge in [-0.3, -0.25) is 24.0 Å². The molecule has 1 aliphatic carbocycles. The summed E-state index contributed by atoms with van der Waals surface area (Å²) >= 11 is 0. The quantitative estimate of drug-likeness (QED) is 0.758. The maximum absolute atomic E-state index is 12.6. The van der Waals surface area contributed by atoms with Crippen LogP contribution in [0.15, 0.2) is 27.8 Å². The van der Waals surface area contributed by atoms with Crippen molar-refractivity contribution >= 4 is 0 Å². The third-order valence-electron chi connectivity index (χ3n) is 6.42. The highest BCUT2D eigenvalue weighted by Gasteiger charge is 2.42. The summed E-state index contributed by atoms with van der Waals surface area (Å²) in [4.78, 5) is 32.0. The van der Waals surface area contributed by atoms with Gasteiger partial charge in [0.2, 0.25) is 0 Å². The monoisotopic (exact) mass is 367 g/mol. The molecule has 2 aromatic heterocycles. The molecule has 2 atom stereocenters. The van der Waals surface area contributed by atoms with E-state index in [4.69, 9.17) is 0 Å². The number of likely N-dealkylation sites (tertiary alicyclic amines) is 1. The van der Waals surface area contributed by atoms with Crippen LogP contribution >= 0.6 is 0 Å². The van der Waals surface area contributed by atoms with Gasteiger partial charge in [0, 0.05) is 50.3 Å². The van der Waals surface area contributed by atoms with Crippen molar-refractivity contribution < 1.29 is 0 Å². The van der Waals surface area contributed by atoms with Gasteiger partial charge in [-0.15, -0.1) is 0 Å². The van der Waals surface area contributed by atoms with Crippen LogP contribution in [0.2, 0.25) is 0 Å². The topological polar surface area (TPSA) is 73.0 Å². The summed E-state index contributed by atoms with van der Waals surface area (Å²) in [6, 6.07) is 6.12. The van der Waals surface area contributed by atoms with Crippen LogP contribution < -0.4 is 11.1 Å². The lowest BCUT2D eigenvalue weighted by Crippen LogP contribution is -2.45. The van der Waals surface area contributed by atoms with Gasteiger partial charge in [0.1, 0.15) is 5.82 Å². The fraction of sp³-hybridized carbons (Fsp3) is 0.600. The molecule has 0 aromatic carbocycles. The Morgan fingerprint density at radius 3 is 2.70 bits per heavy atom. The summed E-state index contributed by atoms with van der Waals surface area (Å²) < 4.78 is 3.09. The van der Waals surface area contributed by atoms with Crippen molar-refractivity contribution in [3.63, 3.8) is 0 Å². The van der Waals surface area contributed by atoms with Crippen LogP contribution in [0.3, 0.4) is 0 Å². The van der Waals surface area contributed by atoms with E-state index in [0.29, 0.717) is 24.9 Å². The molecule has 2 aliphatic heterocycles. The van der Waals surface area contributed by atoms with Gasteiger partial charge < -0.3 is 0 Å². The lowest BCUT2D eigenvalue weighted by Gasteiger charge is -2.25. The van der Waals surface area contributed by atoms with E-state index < -0.39 is 5.56 Å². The predicted octanol–water partition coefficient (Wildman–Crippen LogP) is 1.14. The van der Waals surface area contributed by atoms with Gasteiger partial charge in [0.25, 0.3) is 0 Å². The van der Waals surface area contributed by atoms with Gasteiger partial charge in [-0.25, -0.2) is 4.68 Å². The number of nitrogens with zero attached hydrogens (tertiary/aromatic N) is 5. The van der Waals surface area contributed by atoms with Crippen molar-refractivity contribution in [3.05, 3.63) is 56.1 Å². The van der Waals surface area contributed by atoms with Crippen LogP contribution in [-0.4, -0.2) is 37.3 Å². The highest BCUT2D eigenvalue weighted by atomic mass is 16.2. The van der Waals surface area contributed by atoms with Crippen molar-refractivity contribution in [1.82, 2.24) is 24.2 Å². The van der Waals surface area contributed by atoms with Crippen molar-refractivity contribution in [1.29, 1.82) is 0 Å². The Morgan fingerprint density at radius 1 is 1.11 bits per heavy atom. The highest BCUT2D eigenvalue weighted by molar-refractivity contribution is 5.14. The van der Waals surface area contributed by atoms with E-state index in [1.807, 2.05) is 19.1 Å². The lowest BCUT2D eigenvalue weighted by atomic mass is 9.85. The third-order valence-corrected chi connectivity index (χ3v) is 6.42. The molecule has 0 amide bonds.